The molecule has 2 rings (SSSR count). The van der Waals surface area contributed by atoms with E-state index in [2.05, 4.69) is 10.6 Å². The molecule has 122 valence electrons. The van der Waals surface area contributed by atoms with Crippen molar-refractivity contribution in [1.29, 1.82) is 0 Å². The molecule has 23 heavy (non-hydrogen) atoms. The number of ether oxygens (including phenoxy) is 2. The molecule has 0 fully saturated rings. The van der Waals surface area contributed by atoms with Crippen molar-refractivity contribution < 1.29 is 23.9 Å². The maximum Gasteiger partial charge on any atom is 0.338 e. The van der Waals surface area contributed by atoms with Crippen LogP contribution in [0.3, 0.4) is 0 Å². The summed E-state index contributed by atoms with van der Waals surface area (Å²) in [6.45, 7) is 1.76. The van der Waals surface area contributed by atoms with Gasteiger partial charge in [0.15, 0.2) is 6.61 Å². The number of carbonyl (C=O) groups is 3. The summed E-state index contributed by atoms with van der Waals surface area (Å²) >= 11 is 0. The Bertz CT molecular complexity index is 639. The van der Waals surface area contributed by atoms with Crippen molar-refractivity contribution in [3.8, 4) is 5.75 Å². The van der Waals surface area contributed by atoms with Gasteiger partial charge in [0.1, 0.15) is 12.4 Å². The zero-order valence-corrected chi connectivity index (χ0v) is 12.8. The third kappa shape index (κ3) is 4.84. The van der Waals surface area contributed by atoms with E-state index in [-0.39, 0.29) is 19.1 Å². The van der Waals surface area contributed by atoms with Crippen LogP contribution in [0.4, 0.5) is 0 Å². The van der Waals surface area contributed by atoms with E-state index in [1.54, 1.807) is 13.0 Å². The lowest BCUT2D eigenvalue weighted by Gasteiger charge is -2.16. The van der Waals surface area contributed by atoms with Crippen LogP contribution >= 0.6 is 0 Å². The number of rotatable bonds is 6. The van der Waals surface area contributed by atoms with Gasteiger partial charge in [-0.05, 0) is 19.1 Å². The smallest absolute Gasteiger partial charge is 0.338 e. The van der Waals surface area contributed by atoms with Gasteiger partial charge in [0.2, 0.25) is 5.91 Å². The molecule has 1 aromatic rings. The van der Waals surface area contributed by atoms with Crippen molar-refractivity contribution in [1.82, 2.24) is 10.6 Å². The highest BCUT2D eigenvalue weighted by Gasteiger charge is 2.19. The molecule has 0 radical (unpaired) electrons. The van der Waals surface area contributed by atoms with Crippen LogP contribution in [0, 0.1) is 0 Å². The molecule has 0 spiro atoms. The first-order valence-corrected chi connectivity index (χ1v) is 7.23. The Kier molecular flexibility index (Phi) is 5.74. The number of benzene rings is 1. The fourth-order valence-electron chi connectivity index (χ4n) is 1.95. The molecule has 0 aromatic heterocycles. The van der Waals surface area contributed by atoms with Crippen molar-refractivity contribution in [2.45, 2.75) is 6.92 Å². The molecule has 0 saturated heterocycles. The van der Waals surface area contributed by atoms with Crippen molar-refractivity contribution in [3.63, 3.8) is 0 Å². The van der Waals surface area contributed by atoms with Gasteiger partial charge in [0.05, 0.1) is 12.1 Å². The third-order valence-electron chi connectivity index (χ3n) is 3.05. The maximum atomic E-state index is 11.9. The van der Waals surface area contributed by atoms with E-state index in [9.17, 15) is 14.4 Å². The molecule has 0 unspecified atom stereocenters. The predicted molar refractivity (Wildman–Crippen MR) is 82.6 cm³/mol. The molecule has 0 bridgehead atoms. The second-order valence-electron chi connectivity index (χ2n) is 4.80. The Morgan fingerprint density at radius 3 is 2.74 bits per heavy atom. The Morgan fingerprint density at radius 2 is 1.96 bits per heavy atom. The van der Waals surface area contributed by atoms with Gasteiger partial charge >= 0.3 is 5.97 Å². The minimum Gasteiger partial charge on any atom is -0.488 e. The van der Waals surface area contributed by atoms with Crippen LogP contribution in [-0.2, 0) is 19.1 Å². The lowest BCUT2D eigenvalue weighted by Crippen LogP contribution is -2.38. The normalized spacial score (nSPS) is 12.3. The molecule has 7 heteroatoms. The van der Waals surface area contributed by atoms with Crippen LogP contribution < -0.4 is 15.4 Å². The molecule has 7 nitrogen and oxygen atoms in total. The van der Waals surface area contributed by atoms with Gasteiger partial charge in [-0.15, -0.1) is 0 Å². The summed E-state index contributed by atoms with van der Waals surface area (Å²) in [5.41, 5.74) is 1.12. The number of para-hydroxylation sites is 1. The molecule has 2 amide bonds. The second-order valence-corrected chi connectivity index (χ2v) is 4.80. The van der Waals surface area contributed by atoms with Crippen LogP contribution in [-0.4, -0.2) is 44.1 Å². The first kappa shape index (κ1) is 16.5. The maximum absolute atomic E-state index is 11.9. The minimum absolute atomic E-state index is 0.0936. The first-order chi connectivity index (χ1) is 11.1. The highest BCUT2D eigenvalue weighted by Crippen LogP contribution is 2.25. The lowest BCUT2D eigenvalue weighted by atomic mass is 10.1. The number of fused-ring (bicyclic) bond motifs is 1. The van der Waals surface area contributed by atoms with Crippen LogP contribution in [0.5, 0.6) is 5.75 Å². The van der Waals surface area contributed by atoms with Gasteiger partial charge in [-0.3, -0.25) is 9.59 Å². The summed E-state index contributed by atoms with van der Waals surface area (Å²) in [5, 5.41) is 4.90. The fourth-order valence-corrected chi connectivity index (χ4v) is 1.95. The monoisotopic (exact) mass is 318 g/mol. The number of carbonyl (C=O) groups excluding carboxylic acids is 3. The largest absolute Gasteiger partial charge is 0.488 e. The van der Waals surface area contributed by atoms with Gasteiger partial charge in [0, 0.05) is 12.1 Å². The van der Waals surface area contributed by atoms with Gasteiger partial charge in [-0.2, -0.15) is 0 Å². The molecule has 0 atom stereocenters. The third-order valence-corrected chi connectivity index (χ3v) is 3.05. The van der Waals surface area contributed by atoms with Gasteiger partial charge in [-0.25, -0.2) is 4.79 Å². The van der Waals surface area contributed by atoms with Crippen molar-refractivity contribution in [2.24, 2.45) is 0 Å². The Morgan fingerprint density at radius 1 is 1.17 bits per heavy atom. The summed E-state index contributed by atoms with van der Waals surface area (Å²) < 4.78 is 10.4. The molecular weight excluding hydrogens is 300 g/mol. The molecule has 0 saturated carbocycles. The van der Waals surface area contributed by atoms with Crippen molar-refractivity contribution >= 4 is 23.9 Å². The van der Waals surface area contributed by atoms with Crippen molar-refractivity contribution in [3.05, 3.63) is 35.4 Å². The second kappa shape index (κ2) is 7.98. The van der Waals surface area contributed by atoms with E-state index >= 15 is 0 Å². The summed E-state index contributed by atoms with van der Waals surface area (Å²) in [6.07, 6.45) is 1.67. The number of nitrogens with one attached hydrogen (secondary N) is 2. The average molecular weight is 318 g/mol. The Hall–Kier alpha value is -2.83. The number of esters is 1. The van der Waals surface area contributed by atoms with Crippen molar-refractivity contribution in [2.75, 3.05) is 26.3 Å². The van der Waals surface area contributed by atoms with Crippen LogP contribution in [0.1, 0.15) is 12.5 Å². The van der Waals surface area contributed by atoms with E-state index in [4.69, 9.17) is 9.47 Å². The average Bonchev–Trinajstić information content (AvgIpc) is 2.57. The molecular formula is C16H18N2O5. The number of hydrogen-bond acceptors (Lipinski definition) is 5. The number of likely N-dealkylation sites (N-methyl/N-ethyl adjacent to an activating group) is 1. The van der Waals surface area contributed by atoms with E-state index in [1.165, 1.54) is 0 Å². The molecule has 1 aliphatic rings. The highest BCUT2D eigenvalue weighted by atomic mass is 16.5. The van der Waals surface area contributed by atoms with Gasteiger partial charge < -0.3 is 20.1 Å². The zero-order valence-electron chi connectivity index (χ0n) is 12.8. The molecule has 1 aromatic carbocycles. The predicted octanol–water partition coefficient (Wildman–Crippen LogP) is 0.258. The highest BCUT2D eigenvalue weighted by molar-refractivity contribution is 5.96. The van der Waals surface area contributed by atoms with E-state index in [0.29, 0.717) is 17.9 Å². The molecule has 1 aliphatic heterocycles. The Balaban J connectivity index is 1.80. The fraction of sp³-hybridized carbons (Fsp3) is 0.312. The number of hydrogen-bond donors (Lipinski definition) is 2. The van der Waals surface area contributed by atoms with Gasteiger partial charge in [0.25, 0.3) is 5.91 Å². The van der Waals surface area contributed by atoms with Crippen LogP contribution in [0.25, 0.3) is 6.08 Å². The first-order valence-electron chi connectivity index (χ1n) is 7.23. The molecule has 1 heterocycles. The topological polar surface area (TPSA) is 93.7 Å². The van der Waals surface area contributed by atoms with E-state index in [1.807, 2.05) is 24.3 Å². The summed E-state index contributed by atoms with van der Waals surface area (Å²) in [7, 11) is 0. The van der Waals surface area contributed by atoms with E-state index in [0.717, 1.165) is 5.56 Å². The summed E-state index contributed by atoms with van der Waals surface area (Å²) in [5.74, 6) is -0.758. The van der Waals surface area contributed by atoms with Crippen LogP contribution in [0.15, 0.2) is 29.8 Å². The van der Waals surface area contributed by atoms with E-state index < -0.39 is 18.5 Å². The summed E-state index contributed by atoms with van der Waals surface area (Å²) in [4.78, 5) is 34.6. The molecule has 2 N–H and O–H groups in total. The zero-order chi connectivity index (χ0) is 16.7. The minimum atomic E-state index is -0.618. The SMILES string of the molecule is CCNC(=O)CNC(=O)COC(=O)C1=Cc2ccccc2OC1. The molecule has 0 aliphatic carbocycles. The standard InChI is InChI=1S/C16H18N2O5/c1-2-17-14(19)8-18-15(20)10-23-16(21)12-7-11-5-3-4-6-13(11)22-9-12/h3-7H,2,8-10H2,1H3,(H,17,19)(H,18,20). The summed E-state index contributed by atoms with van der Waals surface area (Å²) in [6, 6.07) is 7.31. The van der Waals surface area contributed by atoms with Gasteiger partial charge in [-0.1, -0.05) is 18.2 Å². The quantitative estimate of drug-likeness (QED) is 0.734. The Labute approximate surface area is 133 Å². The lowest BCUT2D eigenvalue weighted by molar-refractivity contribution is -0.145. The number of amides is 2. The van der Waals surface area contributed by atoms with Crippen LogP contribution in [0.2, 0.25) is 0 Å².